The summed E-state index contributed by atoms with van der Waals surface area (Å²) in [5, 5.41) is 3.34. The molecule has 0 bridgehead atoms. The summed E-state index contributed by atoms with van der Waals surface area (Å²) in [4.78, 5) is 13.8. The fourth-order valence-corrected chi connectivity index (χ4v) is 3.21. The smallest absolute Gasteiger partial charge is 0.224 e. The van der Waals surface area contributed by atoms with Crippen molar-refractivity contribution in [2.75, 3.05) is 47.8 Å². The molecule has 5 nitrogen and oxygen atoms in total. The van der Waals surface area contributed by atoms with Gasteiger partial charge in [0.25, 0.3) is 0 Å². The van der Waals surface area contributed by atoms with Crippen LogP contribution in [-0.4, -0.2) is 42.7 Å². The molecule has 3 rings (SSSR count). The number of rotatable bonds is 7. The summed E-state index contributed by atoms with van der Waals surface area (Å²) in [6, 6.07) is 8.78. The highest BCUT2D eigenvalue weighted by Gasteiger charge is 2.19. The van der Waals surface area contributed by atoms with Crippen LogP contribution in [0, 0.1) is 12.7 Å². The zero-order valence-corrected chi connectivity index (χ0v) is 15.7. The first-order chi connectivity index (χ1) is 12.7. The quantitative estimate of drug-likeness (QED) is 0.763. The SMILES string of the molecule is CCCCCNc1nc(C)cc(N2CCN(c3ccc(F)cc3)CC2)n1. The normalized spacial score (nSPS) is 14.6. The minimum Gasteiger partial charge on any atom is -0.368 e. The molecule has 2 heterocycles. The molecule has 1 aliphatic heterocycles. The highest BCUT2D eigenvalue weighted by Crippen LogP contribution is 2.21. The van der Waals surface area contributed by atoms with Crippen LogP contribution in [0.5, 0.6) is 0 Å². The highest BCUT2D eigenvalue weighted by atomic mass is 19.1. The molecule has 1 aromatic heterocycles. The molecule has 0 atom stereocenters. The first-order valence-corrected chi connectivity index (χ1v) is 9.50. The van der Waals surface area contributed by atoms with Gasteiger partial charge < -0.3 is 15.1 Å². The number of piperazine rings is 1. The topological polar surface area (TPSA) is 44.3 Å². The Balaban J connectivity index is 1.59. The minimum absolute atomic E-state index is 0.192. The molecular formula is C20H28FN5. The Morgan fingerprint density at radius 1 is 1.00 bits per heavy atom. The molecule has 0 saturated carbocycles. The minimum atomic E-state index is -0.192. The second-order valence-corrected chi connectivity index (χ2v) is 6.78. The average molecular weight is 357 g/mol. The van der Waals surface area contributed by atoms with E-state index in [9.17, 15) is 4.39 Å². The number of hydrogen-bond acceptors (Lipinski definition) is 5. The third kappa shape index (κ3) is 4.84. The summed E-state index contributed by atoms with van der Waals surface area (Å²) < 4.78 is 13.1. The zero-order chi connectivity index (χ0) is 18.4. The Morgan fingerprint density at radius 2 is 1.69 bits per heavy atom. The van der Waals surface area contributed by atoms with Gasteiger partial charge in [0.1, 0.15) is 11.6 Å². The van der Waals surface area contributed by atoms with Crippen molar-refractivity contribution in [2.45, 2.75) is 33.1 Å². The van der Waals surface area contributed by atoms with E-state index in [0.29, 0.717) is 0 Å². The average Bonchev–Trinajstić information content (AvgIpc) is 2.66. The maximum Gasteiger partial charge on any atom is 0.224 e. The van der Waals surface area contributed by atoms with Gasteiger partial charge in [-0.3, -0.25) is 0 Å². The van der Waals surface area contributed by atoms with Gasteiger partial charge in [0.15, 0.2) is 0 Å². The number of unbranched alkanes of at least 4 members (excludes halogenated alkanes) is 2. The number of nitrogens with zero attached hydrogens (tertiary/aromatic N) is 4. The number of aromatic nitrogens is 2. The number of anilines is 3. The summed E-state index contributed by atoms with van der Waals surface area (Å²) in [5.74, 6) is 1.51. The molecule has 0 amide bonds. The van der Waals surface area contributed by atoms with Gasteiger partial charge in [-0.15, -0.1) is 0 Å². The van der Waals surface area contributed by atoms with E-state index in [1.165, 1.54) is 25.0 Å². The van der Waals surface area contributed by atoms with E-state index in [-0.39, 0.29) is 5.82 Å². The van der Waals surface area contributed by atoms with Crippen LogP contribution < -0.4 is 15.1 Å². The molecule has 1 saturated heterocycles. The van der Waals surface area contributed by atoms with Crippen molar-refractivity contribution in [3.63, 3.8) is 0 Å². The van der Waals surface area contributed by atoms with Crippen LogP contribution in [0.3, 0.4) is 0 Å². The van der Waals surface area contributed by atoms with Crippen molar-refractivity contribution in [3.05, 3.63) is 41.8 Å². The predicted octanol–water partition coefficient (Wildman–Crippen LogP) is 3.85. The van der Waals surface area contributed by atoms with E-state index in [0.717, 1.165) is 62.3 Å². The van der Waals surface area contributed by atoms with Gasteiger partial charge in [-0.25, -0.2) is 9.37 Å². The van der Waals surface area contributed by atoms with Crippen LogP contribution >= 0.6 is 0 Å². The van der Waals surface area contributed by atoms with Crippen LogP contribution in [0.15, 0.2) is 30.3 Å². The maximum atomic E-state index is 13.1. The largest absolute Gasteiger partial charge is 0.368 e. The maximum absolute atomic E-state index is 13.1. The van der Waals surface area contributed by atoms with Crippen molar-refractivity contribution in [3.8, 4) is 0 Å². The van der Waals surface area contributed by atoms with Gasteiger partial charge in [0, 0.05) is 50.2 Å². The monoisotopic (exact) mass is 357 g/mol. The van der Waals surface area contributed by atoms with Crippen molar-refractivity contribution in [1.29, 1.82) is 0 Å². The lowest BCUT2D eigenvalue weighted by molar-refractivity contribution is 0.624. The summed E-state index contributed by atoms with van der Waals surface area (Å²) >= 11 is 0. The number of aryl methyl sites for hydroxylation is 1. The van der Waals surface area contributed by atoms with Crippen molar-refractivity contribution in [1.82, 2.24) is 9.97 Å². The Morgan fingerprint density at radius 3 is 2.38 bits per heavy atom. The molecule has 6 heteroatoms. The number of halogens is 1. The van der Waals surface area contributed by atoms with Crippen LogP contribution in [-0.2, 0) is 0 Å². The van der Waals surface area contributed by atoms with E-state index in [1.54, 1.807) is 0 Å². The summed E-state index contributed by atoms with van der Waals surface area (Å²) in [7, 11) is 0. The van der Waals surface area contributed by atoms with Crippen LogP contribution in [0.1, 0.15) is 31.9 Å². The van der Waals surface area contributed by atoms with Gasteiger partial charge in [-0.1, -0.05) is 19.8 Å². The molecule has 0 unspecified atom stereocenters. The Bertz CT molecular complexity index is 696. The van der Waals surface area contributed by atoms with E-state index >= 15 is 0 Å². The first kappa shape index (κ1) is 18.4. The Hall–Kier alpha value is -2.37. The molecule has 2 aromatic rings. The van der Waals surface area contributed by atoms with Crippen molar-refractivity contribution in [2.24, 2.45) is 0 Å². The van der Waals surface area contributed by atoms with E-state index < -0.39 is 0 Å². The third-order valence-corrected chi connectivity index (χ3v) is 4.70. The van der Waals surface area contributed by atoms with Gasteiger partial charge >= 0.3 is 0 Å². The van der Waals surface area contributed by atoms with E-state index in [4.69, 9.17) is 4.98 Å². The summed E-state index contributed by atoms with van der Waals surface area (Å²) in [5.41, 5.74) is 2.05. The molecule has 1 aliphatic rings. The van der Waals surface area contributed by atoms with Crippen LogP contribution in [0.25, 0.3) is 0 Å². The molecule has 140 valence electrons. The van der Waals surface area contributed by atoms with Gasteiger partial charge in [-0.05, 0) is 37.6 Å². The molecule has 0 radical (unpaired) electrons. The second kappa shape index (κ2) is 8.83. The zero-order valence-electron chi connectivity index (χ0n) is 15.7. The molecule has 1 fully saturated rings. The number of hydrogen-bond donors (Lipinski definition) is 1. The lowest BCUT2D eigenvalue weighted by atomic mass is 10.2. The molecule has 0 aliphatic carbocycles. The van der Waals surface area contributed by atoms with Crippen LogP contribution in [0.4, 0.5) is 21.8 Å². The van der Waals surface area contributed by atoms with Gasteiger partial charge in [0.2, 0.25) is 5.95 Å². The Kier molecular flexibility index (Phi) is 6.26. The summed E-state index contributed by atoms with van der Waals surface area (Å²) in [6.45, 7) is 8.70. The molecule has 1 N–H and O–H groups in total. The van der Waals surface area contributed by atoms with E-state index in [2.05, 4.69) is 27.0 Å². The lowest BCUT2D eigenvalue weighted by Gasteiger charge is -2.36. The summed E-state index contributed by atoms with van der Waals surface area (Å²) in [6.07, 6.45) is 3.57. The van der Waals surface area contributed by atoms with Gasteiger partial charge in [0.05, 0.1) is 0 Å². The predicted molar refractivity (Wildman–Crippen MR) is 106 cm³/mol. The molecule has 0 spiro atoms. The molecule has 1 aromatic carbocycles. The first-order valence-electron chi connectivity index (χ1n) is 9.50. The third-order valence-electron chi connectivity index (χ3n) is 4.70. The number of nitrogens with one attached hydrogen (secondary N) is 1. The number of benzene rings is 1. The molecular weight excluding hydrogens is 329 g/mol. The standard InChI is InChI=1S/C20H28FN5/c1-3-4-5-10-22-20-23-16(2)15-19(24-20)26-13-11-25(12-14-26)18-8-6-17(21)7-9-18/h6-9,15H,3-5,10-14H2,1-2H3,(H,22,23,24). The van der Waals surface area contributed by atoms with Crippen LogP contribution in [0.2, 0.25) is 0 Å². The van der Waals surface area contributed by atoms with Crippen molar-refractivity contribution >= 4 is 17.5 Å². The Labute approximate surface area is 155 Å². The van der Waals surface area contributed by atoms with E-state index in [1.807, 2.05) is 25.1 Å². The second-order valence-electron chi connectivity index (χ2n) is 6.78. The van der Waals surface area contributed by atoms with Crippen molar-refractivity contribution < 1.29 is 4.39 Å². The van der Waals surface area contributed by atoms with Gasteiger partial charge in [-0.2, -0.15) is 4.98 Å². The fraction of sp³-hybridized carbons (Fsp3) is 0.500. The lowest BCUT2D eigenvalue weighted by Crippen LogP contribution is -2.46. The fourth-order valence-electron chi connectivity index (χ4n) is 3.21. The highest BCUT2D eigenvalue weighted by molar-refractivity contribution is 5.50. The molecule has 26 heavy (non-hydrogen) atoms.